The number of rotatable bonds is 4. The monoisotopic (exact) mass is 284 g/mol. The molecule has 3 N–H and O–H groups in total. The van der Waals surface area contributed by atoms with Crippen LogP contribution >= 0.6 is 0 Å². The smallest absolute Gasteiger partial charge is 0.335 e. The van der Waals surface area contributed by atoms with E-state index in [1.54, 1.807) is 13.8 Å². The van der Waals surface area contributed by atoms with E-state index in [0.29, 0.717) is 0 Å². The number of anilines is 1. The molecule has 0 aromatic heterocycles. The van der Waals surface area contributed by atoms with E-state index in [-0.39, 0.29) is 17.8 Å². The molecular weight excluding hydrogens is 267 g/mol. The van der Waals surface area contributed by atoms with Gasteiger partial charge in [0.2, 0.25) is 0 Å². The molecule has 0 unspecified atom stereocenters. The van der Waals surface area contributed by atoms with Gasteiger partial charge in [-0.25, -0.2) is 14.0 Å². The lowest BCUT2D eigenvalue weighted by molar-refractivity contribution is 0.0550. The van der Waals surface area contributed by atoms with Crippen LogP contribution in [0.5, 0.6) is 0 Å². The first-order valence-corrected chi connectivity index (χ1v) is 5.87. The Kier molecular flexibility index (Phi) is 4.67. The summed E-state index contributed by atoms with van der Waals surface area (Å²) in [5.74, 6) is -2.09. The van der Waals surface area contributed by atoms with Crippen LogP contribution in [0.3, 0.4) is 0 Å². The van der Waals surface area contributed by atoms with Gasteiger partial charge < -0.3 is 20.4 Å². The Labute approximate surface area is 115 Å². The van der Waals surface area contributed by atoms with E-state index < -0.39 is 23.4 Å². The fourth-order valence-electron chi connectivity index (χ4n) is 1.61. The predicted molar refractivity (Wildman–Crippen MR) is 71.3 cm³/mol. The number of aromatic carboxylic acids is 1. The van der Waals surface area contributed by atoms with E-state index in [2.05, 4.69) is 5.32 Å². The van der Waals surface area contributed by atoms with E-state index in [1.807, 2.05) is 0 Å². The molecular formula is C13H17FN2O4. The molecule has 0 aliphatic carbocycles. The van der Waals surface area contributed by atoms with Crippen LogP contribution in [0.1, 0.15) is 24.2 Å². The third-order valence-electron chi connectivity index (χ3n) is 2.43. The number of halogens is 1. The molecule has 0 atom stereocenters. The molecule has 1 aromatic rings. The zero-order valence-electron chi connectivity index (χ0n) is 11.5. The molecule has 110 valence electrons. The number of urea groups is 1. The van der Waals surface area contributed by atoms with Crippen LogP contribution < -0.4 is 5.32 Å². The lowest BCUT2D eigenvalue weighted by atomic mass is 10.1. The molecule has 0 aliphatic rings. The van der Waals surface area contributed by atoms with Crippen molar-refractivity contribution in [2.24, 2.45) is 0 Å². The Bertz CT molecular complexity index is 526. The number of carboxylic acid groups (broad SMARTS) is 1. The molecule has 0 saturated carbocycles. The van der Waals surface area contributed by atoms with Crippen molar-refractivity contribution < 1.29 is 24.2 Å². The normalized spacial score (nSPS) is 11.1. The quantitative estimate of drug-likeness (QED) is 0.786. The standard InChI is InChI=1S/C13H17FN2O4/c1-13(2,20)7-16(3)12(19)15-10-5-4-8(11(17)18)6-9(10)14/h4-6,20H,7H2,1-3H3,(H,15,19)(H,17,18). The van der Waals surface area contributed by atoms with Crippen molar-refractivity contribution >= 4 is 17.7 Å². The van der Waals surface area contributed by atoms with Crippen LogP contribution in [-0.2, 0) is 0 Å². The number of amides is 2. The second-order valence-electron chi connectivity index (χ2n) is 5.10. The first-order chi connectivity index (χ1) is 9.10. The molecule has 0 spiro atoms. The van der Waals surface area contributed by atoms with Crippen molar-refractivity contribution in [3.63, 3.8) is 0 Å². The number of nitrogens with zero attached hydrogens (tertiary/aromatic N) is 1. The van der Waals surface area contributed by atoms with Crippen molar-refractivity contribution in [3.8, 4) is 0 Å². The summed E-state index contributed by atoms with van der Waals surface area (Å²) in [5.41, 5.74) is -1.40. The fraction of sp³-hybridized carbons (Fsp3) is 0.385. The maximum atomic E-state index is 13.6. The highest BCUT2D eigenvalue weighted by Gasteiger charge is 2.20. The number of carbonyl (C=O) groups excluding carboxylic acids is 1. The van der Waals surface area contributed by atoms with Crippen LogP contribution in [0.4, 0.5) is 14.9 Å². The maximum absolute atomic E-state index is 13.6. The summed E-state index contributed by atoms with van der Waals surface area (Å²) in [5, 5.41) is 20.6. The average molecular weight is 284 g/mol. The SMILES string of the molecule is CN(CC(C)(C)O)C(=O)Nc1ccc(C(=O)O)cc1F. The minimum absolute atomic E-state index is 0.0632. The summed E-state index contributed by atoms with van der Waals surface area (Å²) in [6.07, 6.45) is 0. The van der Waals surface area contributed by atoms with Crippen molar-refractivity contribution in [1.29, 1.82) is 0 Å². The zero-order valence-corrected chi connectivity index (χ0v) is 11.5. The molecule has 0 heterocycles. The van der Waals surface area contributed by atoms with E-state index in [4.69, 9.17) is 5.11 Å². The Morgan fingerprint density at radius 2 is 2.00 bits per heavy atom. The molecule has 0 bridgehead atoms. The van der Waals surface area contributed by atoms with Gasteiger partial charge >= 0.3 is 12.0 Å². The van der Waals surface area contributed by atoms with E-state index in [1.165, 1.54) is 24.1 Å². The summed E-state index contributed by atoms with van der Waals surface area (Å²) in [6, 6.07) is 2.59. The molecule has 20 heavy (non-hydrogen) atoms. The van der Waals surface area contributed by atoms with Gasteiger partial charge in [-0.2, -0.15) is 0 Å². The lowest BCUT2D eigenvalue weighted by Crippen LogP contribution is -2.41. The summed E-state index contributed by atoms with van der Waals surface area (Å²) in [7, 11) is 1.46. The number of hydrogen-bond donors (Lipinski definition) is 3. The summed E-state index contributed by atoms with van der Waals surface area (Å²) in [6.45, 7) is 3.14. The van der Waals surface area contributed by atoms with Crippen LogP contribution in [0.2, 0.25) is 0 Å². The van der Waals surface area contributed by atoms with Gasteiger partial charge in [-0.3, -0.25) is 0 Å². The molecule has 6 nitrogen and oxygen atoms in total. The highest BCUT2D eigenvalue weighted by Crippen LogP contribution is 2.16. The third-order valence-corrected chi connectivity index (χ3v) is 2.43. The number of likely N-dealkylation sites (N-methyl/N-ethyl adjacent to an activating group) is 1. The lowest BCUT2D eigenvalue weighted by Gasteiger charge is -2.25. The Morgan fingerprint density at radius 3 is 2.45 bits per heavy atom. The van der Waals surface area contributed by atoms with Crippen LogP contribution in [0.15, 0.2) is 18.2 Å². The zero-order chi connectivity index (χ0) is 15.5. The topological polar surface area (TPSA) is 89.9 Å². The minimum atomic E-state index is -1.25. The molecule has 1 rings (SSSR count). The van der Waals surface area contributed by atoms with Crippen LogP contribution in [0, 0.1) is 5.82 Å². The van der Waals surface area contributed by atoms with E-state index >= 15 is 0 Å². The predicted octanol–water partition coefficient (Wildman–Crippen LogP) is 1.76. The minimum Gasteiger partial charge on any atom is -0.478 e. The van der Waals surface area contributed by atoms with E-state index in [0.717, 1.165) is 6.07 Å². The number of nitrogens with one attached hydrogen (secondary N) is 1. The molecule has 1 aromatic carbocycles. The summed E-state index contributed by atoms with van der Waals surface area (Å²) >= 11 is 0. The van der Waals surface area contributed by atoms with Gasteiger partial charge in [0.1, 0.15) is 5.82 Å². The number of carbonyl (C=O) groups is 2. The van der Waals surface area contributed by atoms with Gasteiger partial charge in [0.25, 0.3) is 0 Å². The second kappa shape index (κ2) is 5.87. The first-order valence-electron chi connectivity index (χ1n) is 5.87. The van der Waals surface area contributed by atoms with Gasteiger partial charge in [0.15, 0.2) is 0 Å². The van der Waals surface area contributed by atoms with Gasteiger partial charge in [-0.15, -0.1) is 0 Å². The molecule has 0 fully saturated rings. The van der Waals surface area contributed by atoms with Gasteiger partial charge in [0, 0.05) is 7.05 Å². The third kappa shape index (κ3) is 4.51. The summed E-state index contributed by atoms with van der Waals surface area (Å²) in [4.78, 5) is 23.6. The number of hydrogen-bond acceptors (Lipinski definition) is 3. The fourth-order valence-corrected chi connectivity index (χ4v) is 1.61. The average Bonchev–Trinajstić information content (AvgIpc) is 2.29. The Balaban J connectivity index is 2.78. The maximum Gasteiger partial charge on any atom is 0.335 e. The Morgan fingerprint density at radius 1 is 1.40 bits per heavy atom. The van der Waals surface area contributed by atoms with Gasteiger partial charge in [0.05, 0.1) is 23.4 Å². The van der Waals surface area contributed by atoms with Crippen molar-refractivity contribution in [2.75, 3.05) is 18.9 Å². The molecule has 7 heteroatoms. The van der Waals surface area contributed by atoms with Gasteiger partial charge in [-0.1, -0.05) is 0 Å². The van der Waals surface area contributed by atoms with Crippen molar-refractivity contribution in [1.82, 2.24) is 4.90 Å². The second-order valence-corrected chi connectivity index (χ2v) is 5.10. The first kappa shape index (κ1) is 15.9. The highest BCUT2D eigenvalue weighted by atomic mass is 19.1. The van der Waals surface area contributed by atoms with Crippen LogP contribution in [0.25, 0.3) is 0 Å². The van der Waals surface area contributed by atoms with Crippen molar-refractivity contribution in [3.05, 3.63) is 29.6 Å². The van der Waals surface area contributed by atoms with Crippen LogP contribution in [-0.4, -0.2) is 46.3 Å². The molecule has 0 aliphatic heterocycles. The summed E-state index contributed by atoms with van der Waals surface area (Å²) < 4.78 is 13.6. The van der Waals surface area contributed by atoms with E-state index in [9.17, 15) is 19.1 Å². The van der Waals surface area contributed by atoms with Gasteiger partial charge in [-0.05, 0) is 32.0 Å². The number of aliphatic hydroxyl groups is 1. The molecule has 0 radical (unpaired) electrons. The largest absolute Gasteiger partial charge is 0.478 e. The number of carboxylic acids is 1. The number of benzene rings is 1. The highest BCUT2D eigenvalue weighted by molar-refractivity contribution is 5.91. The molecule has 0 saturated heterocycles. The Hall–Kier alpha value is -2.15. The molecule has 2 amide bonds. The van der Waals surface area contributed by atoms with Crippen molar-refractivity contribution in [2.45, 2.75) is 19.4 Å².